The number of likely N-dealkylation sites (tertiary alicyclic amines) is 1. The van der Waals surface area contributed by atoms with E-state index in [1.165, 1.54) is 29.9 Å². The highest BCUT2D eigenvalue weighted by molar-refractivity contribution is 7.10. The fraction of sp³-hybridized carbons (Fsp3) is 0.421. The van der Waals surface area contributed by atoms with Crippen LogP contribution in [-0.2, 0) is 6.54 Å². The first-order valence-electron chi connectivity index (χ1n) is 8.72. The maximum absolute atomic E-state index is 12.8. The fourth-order valence-corrected chi connectivity index (χ4v) is 4.04. The Hall–Kier alpha value is -1.92. The lowest BCUT2D eigenvalue weighted by molar-refractivity contribution is 0.209. The summed E-state index contributed by atoms with van der Waals surface area (Å²) in [6.45, 7) is 4.08. The molecule has 6 heteroatoms. The van der Waals surface area contributed by atoms with Crippen LogP contribution in [0.2, 0.25) is 0 Å². The van der Waals surface area contributed by atoms with Crippen LogP contribution in [0.3, 0.4) is 0 Å². The van der Waals surface area contributed by atoms with Crippen LogP contribution in [0.1, 0.15) is 29.2 Å². The molecule has 2 amide bonds. The predicted molar refractivity (Wildman–Crippen MR) is 99.4 cm³/mol. The Bertz CT molecular complexity index is 652. The van der Waals surface area contributed by atoms with Gasteiger partial charge in [0.15, 0.2) is 0 Å². The number of nitrogens with zero attached hydrogens (tertiary/aromatic N) is 1. The number of carbonyl (C=O) groups is 1. The quantitative estimate of drug-likeness (QED) is 0.826. The molecule has 2 aromatic rings. The second kappa shape index (κ2) is 8.97. The molecule has 3 rings (SSSR count). The first kappa shape index (κ1) is 17.9. The smallest absolute Gasteiger partial charge is 0.315 e. The number of thiophene rings is 1. The molecule has 0 bridgehead atoms. The number of urea groups is 1. The Balaban J connectivity index is 1.29. The molecule has 1 fully saturated rings. The van der Waals surface area contributed by atoms with Gasteiger partial charge in [0.25, 0.3) is 0 Å². The standard InChI is InChI=1S/C19H24FN3OS/c20-17-5-3-15(4-6-17)14-22-19(24)21-9-12-23-10-7-16(8-11-23)18-2-1-13-25-18/h1-6,13,16H,7-12,14H2,(H2,21,22,24). The summed E-state index contributed by atoms with van der Waals surface area (Å²) in [5.41, 5.74) is 0.882. The number of hydrogen-bond acceptors (Lipinski definition) is 3. The van der Waals surface area contributed by atoms with Gasteiger partial charge < -0.3 is 15.5 Å². The molecular weight excluding hydrogens is 337 g/mol. The van der Waals surface area contributed by atoms with Gasteiger partial charge in [0.1, 0.15) is 5.82 Å². The number of carbonyl (C=O) groups excluding carboxylic acids is 1. The summed E-state index contributed by atoms with van der Waals surface area (Å²) < 4.78 is 12.8. The third kappa shape index (κ3) is 5.54. The second-order valence-corrected chi connectivity index (χ2v) is 7.35. The van der Waals surface area contributed by atoms with Gasteiger partial charge in [-0.2, -0.15) is 0 Å². The van der Waals surface area contributed by atoms with E-state index in [-0.39, 0.29) is 11.8 Å². The van der Waals surface area contributed by atoms with E-state index in [1.54, 1.807) is 12.1 Å². The SMILES string of the molecule is O=C(NCCN1CCC(c2cccs2)CC1)NCc1ccc(F)cc1. The second-order valence-electron chi connectivity index (χ2n) is 6.37. The molecule has 4 nitrogen and oxygen atoms in total. The lowest BCUT2D eigenvalue weighted by Crippen LogP contribution is -2.42. The van der Waals surface area contributed by atoms with Gasteiger partial charge in [-0.3, -0.25) is 0 Å². The maximum atomic E-state index is 12.8. The fourth-order valence-electron chi connectivity index (χ4n) is 3.14. The molecule has 0 aliphatic carbocycles. The Morgan fingerprint density at radius 2 is 1.92 bits per heavy atom. The zero-order valence-electron chi connectivity index (χ0n) is 14.2. The van der Waals surface area contributed by atoms with E-state index in [0.717, 1.165) is 25.2 Å². The molecule has 2 N–H and O–H groups in total. The van der Waals surface area contributed by atoms with Crippen LogP contribution in [-0.4, -0.2) is 37.1 Å². The van der Waals surface area contributed by atoms with E-state index in [4.69, 9.17) is 0 Å². The molecule has 0 atom stereocenters. The van der Waals surface area contributed by atoms with E-state index < -0.39 is 0 Å². The van der Waals surface area contributed by atoms with Crippen LogP contribution in [0, 0.1) is 5.82 Å². The summed E-state index contributed by atoms with van der Waals surface area (Å²) in [6.07, 6.45) is 2.38. The number of nitrogens with one attached hydrogen (secondary N) is 2. The highest BCUT2D eigenvalue weighted by Gasteiger charge is 2.20. The highest BCUT2D eigenvalue weighted by Crippen LogP contribution is 2.30. The van der Waals surface area contributed by atoms with Gasteiger partial charge in [-0.25, -0.2) is 9.18 Å². The third-order valence-electron chi connectivity index (χ3n) is 4.61. The number of piperidine rings is 1. The van der Waals surface area contributed by atoms with Gasteiger partial charge in [-0.1, -0.05) is 18.2 Å². The topological polar surface area (TPSA) is 44.4 Å². The molecular formula is C19H24FN3OS. The Morgan fingerprint density at radius 3 is 2.60 bits per heavy atom. The Morgan fingerprint density at radius 1 is 1.16 bits per heavy atom. The average molecular weight is 361 g/mol. The third-order valence-corrected chi connectivity index (χ3v) is 5.65. The van der Waals surface area contributed by atoms with Crippen LogP contribution in [0.25, 0.3) is 0 Å². The molecule has 2 heterocycles. The molecule has 0 unspecified atom stereocenters. The largest absolute Gasteiger partial charge is 0.337 e. The van der Waals surface area contributed by atoms with Crippen molar-refractivity contribution in [2.24, 2.45) is 0 Å². The van der Waals surface area contributed by atoms with E-state index in [9.17, 15) is 9.18 Å². The van der Waals surface area contributed by atoms with Crippen LogP contribution in [0.4, 0.5) is 9.18 Å². The van der Waals surface area contributed by atoms with Gasteiger partial charge in [-0.15, -0.1) is 11.3 Å². The molecule has 0 radical (unpaired) electrons. The minimum absolute atomic E-state index is 0.183. The monoisotopic (exact) mass is 361 g/mol. The van der Waals surface area contributed by atoms with Crippen molar-refractivity contribution in [3.8, 4) is 0 Å². The van der Waals surface area contributed by atoms with E-state index in [0.29, 0.717) is 19.0 Å². The van der Waals surface area contributed by atoms with Gasteiger partial charge >= 0.3 is 6.03 Å². The minimum Gasteiger partial charge on any atom is -0.337 e. The van der Waals surface area contributed by atoms with Crippen molar-refractivity contribution < 1.29 is 9.18 Å². The van der Waals surface area contributed by atoms with Crippen LogP contribution < -0.4 is 10.6 Å². The first-order valence-corrected chi connectivity index (χ1v) is 9.60. The van der Waals surface area contributed by atoms with Crippen molar-refractivity contribution >= 4 is 17.4 Å². The number of halogens is 1. The summed E-state index contributed by atoms with van der Waals surface area (Å²) in [5, 5.41) is 7.83. The van der Waals surface area contributed by atoms with Crippen molar-refractivity contribution in [1.29, 1.82) is 0 Å². The lowest BCUT2D eigenvalue weighted by atomic mass is 9.95. The molecule has 1 aliphatic heterocycles. The predicted octanol–water partition coefficient (Wildman–Crippen LogP) is 3.57. The zero-order valence-corrected chi connectivity index (χ0v) is 15.0. The zero-order chi connectivity index (χ0) is 17.5. The van der Waals surface area contributed by atoms with E-state index in [1.807, 2.05) is 11.3 Å². The van der Waals surface area contributed by atoms with E-state index in [2.05, 4.69) is 33.0 Å². The first-order chi connectivity index (χ1) is 12.2. The van der Waals surface area contributed by atoms with Gasteiger partial charge in [0, 0.05) is 24.5 Å². The molecule has 0 saturated carbocycles. The van der Waals surface area contributed by atoms with E-state index >= 15 is 0 Å². The maximum Gasteiger partial charge on any atom is 0.315 e. The van der Waals surface area contributed by atoms with Crippen molar-refractivity contribution in [2.75, 3.05) is 26.2 Å². The highest BCUT2D eigenvalue weighted by atomic mass is 32.1. The van der Waals surface area contributed by atoms with Crippen molar-refractivity contribution in [3.05, 3.63) is 58.0 Å². The Labute approximate surface area is 152 Å². The molecule has 1 saturated heterocycles. The summed E-state index contributed by atoms with van der Waals surface area (Å²) in [7, 11) is 0. The number of benzene rings is 1. The van der Waals surface area contributed by atoms with Crippen LogP contribution >= 0.6 is 11.3 Å². The summed E-state index contributed by atoms with van der Waals surface area (Å²) >= 11 is 1.85. The summed E-state index contributed by atoms with van der Waals surface area (Å²) in [5.74, 6) is 0.430. The summed E-state index contributed by atoms with van der Waals surface area (Å²) in [4.78, 5) is 15.7. The molecule has 25 heavy (non-hydrogen) atoms. The average Bonchev–Trinajstić information content (AvgIpc) is 3.16. The summed E-state index contributed by atoms with van der Waals surface area (Å²) in [6, 6.07) is 10.3. The lowest BCUT2D eigenvalue weighted by Gasteiger charge is -2.31. The number of amides is 2. The van der Waals surface area contributed by atoms with Gasteiger partial charge in [0.2, 0.25) is 0 Å². The minimum atomic E-state index is -0.268. The normalized spacial score (nSPS) is 15.9. The number of hydrogen-bond donors (Lipinski definition) is 2. The van der Waals surface area contributed by atoms with Crippen LogP contribution in [0.5, 0.6) is 0 Å². The molecule has 1 aromatic carbocycles. The van der Waals surface area contributed by atoms with Gasteiger partial charge in [-0.05, 0) is 61.0 Å². The van der Waals surface area contributed by atoms with Crippen molar-refractivity contribution in [1.82, 2.24) is 15.5 Å². The number of rotatable bonds is 6. The van der Waals surface area contributed by atoms with Crippen molar-refractivity contribution in [2.45, 2.75) is 25.3 Å². The van der Waals surface area contributed by atoms with Crippen molar-refractivity contribution in [3.63, 3.8) is 0 Å². The van der Waals surface area contributed by atoms with Crippen LogP contribution in [0.15, 0.2) is 41.8 Å². The Kier molecular flexibility index (Phi) is 6.42. The molecule has 134 valence electrons. The molecule has 1 aliphatic rings. The van der Waals surface area contributed by atoms with Gasteiger partial charge in [0.05, 0.1) is 0 Å². The molecule has 0 spiro atoms. The molecule has 1 aromatic heterocycles.